The fraction of sp³-hybridized carbons (Fsp3) is 0.143. The van der Waals surface area contributed by atoms with Gasteiger partial charge in [-0.15, -0.1) is 11.3 Å². The molecule has 1 amide bonds. The van der Waals surface area contributed by atoms with Crippen LogP contribution in [0.25, 0.3) is 11.1 Å². The minimum absolute atomic E-state index is 0.0741. The van der Waals surface area contributed by atoms with Crippen molar-refractivity contribution in [3.05, 3.63) is 74.1 Å². The van der Waals surface area contributed by atoms with Crippen LogP contribution in [0, 0.1) is 10.1 Å². The molecule has 3 rings (SSSR count). The third kappa shape index (κ3) is 5.68. The third-order valence-electron chi connectivity index (χ3n) is 4.10. The van der Waals surface area contributed by atoms with E-state index in [1.165, 1.54) is 35.6 Å². The molecule has 1 aromatic heterocycles. The normalized spacial score (nSPS) is 10.4. The number of hydrogen-bond donors (Lipinski definition) is 1. The Balaban J connectivity index is 1.75. The van der Waals surface area contributed by atoms with Crippen molar-refractivity contribution in [3.63, 3.8) is 0 Å². The molecule has 2 aromatic carbocycles. The van der Waals surface area contributed by atoms with Crippen LogP contribution < -0.4 is 10.1 Å². The van der Waals surface area contributed by atoms with Gasteiger partial charge in [0.05, 0.1) is 11.5 Å². The van der Waals surface area contributed by atoms with E-state index in [1.807, 2.05) is 24.3 Å². The van der Waals surface area contributed by atoms with E-state index in [2.05, 4.69) is 21.2 Å². The summed E-state index contributed by atoms with van der Waals surface area (Å²) in [6, 6.07) is 12.8. The number of carbonyl (C=O) groups is 2. The van der Waals surface area contributed by atoms with Crippen LogP contribution in [0.5, 0.6) is 5.75 Å². The molecule has 0 unspecified atom stereocenters. The number of thiophene rings is 1. The molecule has 0 atom stereocenters. The number of non-ortho nitro benzene ring substituents is 1. The Hall–Kier alpha value is -3.24. The summed E-state index contributed by atoms with van der Waals surface area (Å²) in [7, 11) is 0. The van der Waals surface area contributed by atoms with Gasteiger partial charge in [-0.3, -0.25) is 14.9 Å². The lowest BCUT2D eigenvalue weighted by atomic mass is 10.0. The number of nitrogens with zero attached hydrogens (tertiary/aromatic N) is 1. The monoisotopic (exact) mass is 504 g/mol. The Labute approximate surface area is 190 Å². The number of nitrogens with one attached hydrogen (secondary N) is 1. The number of halogens is 1. The van der Waals surface area contributed by atoms with E-state index in [9.17, 15) is 19.7 Å². The van der Waals surface area contributed by atoms with Gasteiger partial charge in [0.2, 0.25) is 0 Å². The van der Waals surface area contributed by atoms with Gasteiger partial charge in [-0.1, -0.05) is 28.1 Å². The molecule has 1 heterocycles. The highest BCUT2D eigenvalue weighted by Crippen LogP contribution is 2.36. The average Bonchev–Trinajstić information content (AvgIpc) is 3.16. The third-order valence-corrected chi connectivity index (χ3v) is 5.52. The SMILES string of the molecule is CCOC(=O)c1c(-c2ccc(Br)cc2)csc1NC(=O)COc1ccc([N+](=O)[O-])cc1. The zero-order valence-electron chi connectivity index (χ0n) is 16.3. The Morgan fingerprint density at radius 3 is 2.42 bits per heavy atom. The Morgan fingerprint density at radius 2 is 1.81 bits per heavy atom. The number of ether oxygens (including phenoxy) is 2. The first-order valence-corrected chi connectivity index (χ1v) is 10.8. The van der Waals surface area contributed by atoms with Gasteiger partial charge in [-0.05, 0) is 36.8 Å². The Morgan fingerprint density at radius 1 is 1.13 bits per heavy atom. The first kappa shape index (κ1) is 22.4. The number of hydrogen-bond acceptors (Lipinski definition) is 7. The maximum atomic E-state index is 12.6. The van der Waals surface area contributed by atoms with Gasteiger partial charge in [0, 0.05) is 27.5 Å². The summed E-state index contributed by atoms with van der Waals surface area (Å²) >= 11 is 4.59. The van der Waals surface area contributed by atoms with Gasteiger partial charge in [0.15, 0.2) is 6.61 Å². The molecule has 0 bridgehead atoms. The lowest BCUT2D eigenvalue weighted by molar-refractivity contribution is -0.384. The van der Waals surface area contributed by atoms with Gasteiger partial charge in [0.25, 0.3) is 11.6 Å². The molecular weight excluding hydrogens is 488 g/mol. The molecule has 0 spiro atoms. The van der Waals surface area contributed by atoms with E-state index in [0.29, 0.717) is 16.3 Å². The predicted octanol–water partition coefficient (Wildman–Crippen LogP) is 5.28. The zero-order valence-corrected chi connectivity index (χ0v) is 18.7. The van der Waals surface area contributed by atoms with E-state index in [1.54, 1.807) is 12.3 Å². The van der Waals surface area contributed by atoms with Gasteiger partial charge >= 0.3 is 5.97 Å². The van der Waals surface area contributed by atoms with E-state index < -0.39 is 16.8 Å². The van der Waals surface area contributed by atoms with Crippen molar-refractivity contribution >= 4 is 49.8 Å². The van der Waals surface area contributed by atoms with Crippen LogP contribution in [0.2, 0.25) is 0 Å². The molecule has 0 fully saturated rings. The van der Waals surface area contributed by atoms with Crippen LogP contribution in [-0.4, -0.2) is 30.0 Å². The van der Waals surface area contributed by atoms with Crippen molar-refractivity contribution in [3.8, 4) is 16.9 Å². The Bertz CT molecular complexity index is 1100. The molecule has 0 aliphatic rings. The molecule has 3 aromatic rings. The summed E-state index contributed by atoms with van der Waals surface area (Å²) in [5.74, 6) is -0.700. The summed E-state index contributed by atoms with van der Waals surface area (Å²) < 4.78 is 11.5. The van der Waals surface area contributed by atoms with Gasteiger partial charge < -0.3 is 14.8 Å². The maximum Gasteiger partial charge on any atom is 0.341 e. The molecule has 8 nitrogen and oxygen atoms in total. The van der Waals surface area contributed by atoms with Crippen molar-refractivity contribution in [1.82, 2.24) is 0 Å². The second-order valence-electron chi connectivity index (χ2n) is 6.17. The van der Waals surface area contributed by atoms with E-state index in [-0.39, 0.29) is 24.5 Å². The van der Waals surface area contributed by atoms with Gasteiger partial charge in [0.1, 0.15) is 16.3 Å². The highest BCUT2D eigenvalue weighted by molar-refractivity contribution is 9.10. The summed E-state index contributed by atoms with van der Waals surface area (Å²) in [6.07, 6.45) is 0. The maximum absolute atomic E-state index is 12.6. The quantitative estimate of drug-likeness (QED) is 0.254. The summed E-state index contributed by atoms with van der Waals surface area (Å²) in [4.78, 5) is 35.1. The molecule has 0 aliphatic carbocycles. The van der Waals surface area contributed by atoms with Crippen molar-refractivity contribution in [1.29, 1.82) is 0 Å². The zero-order chi connectivity index (χ0) is 22.4. The predicted molar refractivity (Wildman–Crippen MR) is 121 cm³/mol. The number of carbonyl (C=O) groups excluding carboxylic acids is 2. The number of anilines is 1. The molecule has 0 saturated heterocycles. The molecule has 1 N–H and O–H groups in total. The number of benzene rings is 2. The fourth-order valence-electron chi connectivity index (χ4n) is 2.67. The topological polar surface area (TPSA) is 108 Å². The van der Waals surface area contributed by atoms with E-state index in [0.717, 1.165) is 10.0 Å². The molecule has 160 valence electrons. The summed E-state index contributed by atoms with van der Waals surface area (Å²) in [5.41, 5.74) is 1.67. The second-order valence-corrected chi connectivity index (χ2v) is 7.96. The van der Waals surface area contributed by atoms with Crippen LogP contribution >= 0.6 is 27.3 Å². The van der Waals surface area contributed by atoms with Crippen molar-refractivity contribution in [2.45, 2.75) is 6.92 Å². The first-order valence-electron chi connectivity index (χ1n) is 9.10. The molecule has 0 saturated carbocycles. The number of nitro groups is 1. The van der Waals surface area contributed by atoms with Crippen LogP contribution in [0.4, 0.5) is 10.7 Å². The average molecular weight is 505 g/mol. The number of amides is 1. The molecule has 0 radical (unpaired) electrons. The number of rotatable bonds is 8. The lowest BCUT2D eigenvalue weighted by Crippen LogP contribution is -2.21. The number of esters is 1. The molecule has 0 aliphatic heterocycles. The van der Waals surface area contributed by atoms with Crippen LogP contribution in [0.1, 0.15) is 17.3 Å². The Kier molecular flexibility index (Phi) is 7.37. The van der Waals surface area contributed by atoms with Crippen molar-refractivity contribution in [2.24, 2.45) is 0 Å². The fourth-order valence-corrected chi connectivity index (χ4v) is 3.91. The van der Waals surface area contributed by atoms with Crippen molar-refractivity contribution < 1.29 is 24.0 Å². The van der Waals surface area contributed by atoms with Crippen molar-refractivity contribution in [2.75, 3.05) is 18.5 Å². The van der Waals surface area contributed by atoms with Crippen LogP contribution in [0.3, 0.4) is 0 Å². The van der Waals surface area contributed by atoms with Crippen LogP contribution in [-0.2, 0) is 9.53 Å². The molecular formula is C21H17BrN2O6S. The summed E-state index contributed by atoms with van der Waals surface area (Å²) in [6.45, 7) is 1.58. The highest BCUT2D eigenvalue weighted by atomic mass is 79.9. The largest absolute Gasteiger partial charge is 0.484 e. The second kappa shape index (κ2) is 10.2. The minimum Gasteiger partial charge on any atom is -0.484 e. The van der Waals surface area contributed by atoms with Gasteiger partial charge in [-0.25, -0.2) is 4.79 Å². The van der Waals surface area contributed by atoms with E-state index in [4.69, 9.17) is 9.47 Å². The molecule has 10 heteroatoms. The first-order chi connectivity index (χ1) is 14.9. The highest BCUT2D eigenvalue weighted by Gasteiger charge is 2.23. The number of nitro benzene ring substituents is 1. The van der Waals surface area contributed by atoms with Gasteiger partial charge in [-0.2, -0.15) is 0 Å². The lowest BCUT2D eigenvalue weighted by Gasteiger charge is -2.10. The smallest absolute Gasteiger partial charge is 0.341 e. The summed E-state index contributed by atoms with van der Waals surface area (Å²) in [5, 5.41) is 15.5. The minimum atomic E-state index is -0.534. The van der Waals surface area contributed by atoms with Crippen LogP contribution in [0.15, 0.2) is 58.4 Å². The standard InChI is InChI=1S/C21H17BrN2O6S/c1-2-29-21(26)19-17(13-3-5-14(22)6-4-13)12-31-20(19)23-18(25)11-30-16-9-7-15(8-10-16)24(27)28/h3-10,12H,2,11H2,1H3,(H,23,25). The van der Waals surface area contributed by atoms with E-state index >= 15 is 0 Å². The molecule has 31 heavy (non-hydrogen) atoms.